The number of rotatable bonds is 10. The zero-order valence-electron chi connectivity index (χ0n) is 20.4. The smallest absolute Gasteiger partial charge is 0.338 e. The summed E-state index contributed by atoms with van der Waals surface area (Å²) in [6, 6.07) is 10.9. The quantitative estimate of drug-likeness (QED) is 0.261. The molecule has 3 N–H and O–H groups in total. The molecule has 3 amide bonds. The predicted octanol–water partition coefficient (Wildman–Crippen LogP) is 2.42. The molecule has 36 heavy (non-hydrogen) atoms. The molecule has 0 bridgehead atoms. The average molecular weight is 497 g/mol. The van der Waals surface area contributed by atoms with Gasteiger partial charge in [0.15, 0.2) is 18.1 Å². The summed E-state index contributed by atoms with van der Waals surface area (Å²) in [4.78, 5) is 36.8. The molecule has 1 heterocycles. The van der Waals surface area contributed by atoms with Gasteiger partial charge in [0.2, 0.25) is 0 Å². The number of hydrazone groups is 1. The number of allylic oxidation sites excluding steroid dienone is 1. The maximum absolute atomic E-state index is 12.5. The number of methoxy groups -OCH3 is 2. The number of hydrogen-bond donors (Lipinski definition) is 3. The van der Waals surface area contributed by atoms with Crippen LogP contribution in [0.15, 0.2) is 58.8 Å². The van der Waals surface area contributed by atoms with Crippen molar-refractivity contribution in [3.8, 4) is 17.2 Å². The first-order valence-electron chi connectivity index (χ1n) is 11.1. The van der Waals surface area contributed by atoms with E-state index in [1.165, 1.54) is 13.3 Å². The number of amides is 3. The van der Waals surface area contributed by atoms with Gasteiger partial charge in [-0.05, 0) is 43.7 Å². The van der Waals surface area contributed by atoms with Crippen LogP contribution >= 0.6 is 0 Å². The molecule has 0 unspecified atom stereocenters. The number of esters is 1. The summed E-state index contributed by atoms with van der Waals surface area (Å²) in [5.74, 6) is 0.200. The molecule has 0 aliphatic carbocycles. The van der Waals surface area contributed by atoms with Crippen molar-refractivity contribution in [2.24, 2.45) is 5.10 Å². The fourth-order valence-electron chi connectivity index (χ4n) is 3.53. The first kappa shape index (κ1) is 26.1. The molecule has 190 valence electrons. The second-order valence-corrected chi connectivity index (χ2v) is 7.52. The molecule has 0 saturated heterocycles. The Balaban J connectivity index is 1.69. The van der Waals surface area contributed by atoms with Crippen LogP contribution in [0.4, 0.5) is 4.79 Å². The zero-order chi connectivity index (χ0) is 26.1. The fraction of sp³-hybridized carbons (Fsp3) is 0.280. The van der Waals surface area contributed by atoms with E-state index in [2.05, 4.69) is 21.2 Å². The molecular weight excluding hydrogens is 468 g/mol. The van der Waals surface area contributed by atoms with Crippen LogP contribution in [0.5, 0.6) is 17.2 Å². The fourth-order valence-corrected chi connectivity index (χ4v) is 3.53. The molecule has 3 rings (SSSR count). The maximum Gasteiger partial charge on any atom is 0.338 e. The van der Waals surface area contributed by atoms with Crippen molar-refractivity contribution in [2.75, 3.05) is 27.4 Å². The summed E-state index contributed by atoms with van der Waals surface area (Å²) in [5.41, 5.74) is 4.34. The highest BCUT2D eigenvalue weighted by Crippen LogP contribution is 2.34. The molecule has 0 radical (unpaired) electrons. The molecule has 2 aromatic carbocycles. The van der Waals surface area contributed by atoms with Gasteiger partial charge < -0.3 is 29.6 Å². The van der Waals surface area contributed by atoms with Gasteiger partial charge in [0, 0.05) is 11.3 Å². The van der Waals surface area contributed by atoms with Gasteiger partial charge in [0.1, 0.15) is 5.75 Å². The van der Waals surface area contributed by atoms with E-state index in [0.717, 1.165) is 0 Å². The second kappa shape index (κ2) is 12.2. The predicted molar refractivity (Wildman–Crippen MR) is 131 cm³/mol. The third-order valence-corrected chi connectivity index (χ3v) is 5.18. The Bertz CT molecular complexity index is 1190. The summed E-state index contributed by atoms with van der Waals surface area (Å²) in [6.45, 7) is 3.20. The van der Waals surface area contributed by atoms with Gasteiger partial charge in [0.05, 0.1) is 38.7 Å². The van der Waals surface area contributed by atoms with Crippen LogP contribution in [0.3, 0.4) is 0 Å². The minimum atomic E-state index is -0.756. The molecule has 11 nitrogen and oxygen atoms in total. The monoisotopic (exact) mass is 496 g/mol. The molecule has 11 heteroatoms. The van der Waals surface area contributed by atoms with E-state index in [0.29, 0.717) is 34.1 Å². The van der Waals surface area contributed by atoms with E-state index >= 15 is 0 Å². The highest BCUT2D eigenvalue weighted by Gasteiger charge is 2.32. The van der Waals surface area contributed by atoms with Crippen molar-refractivity contribution >= 4 is 24.1 Å². The Morgan fingerprint density at radius 1 is 1.08 bits per heavy atom. The molecule has 1 aliphatic heterocycles. The number of hydrogen-bond acceptors (Lipinski definition) is 8. The maximum atomic E-state index is 12.5. The van der Waals surface area contributed by atoms with Crippen LogP contribution in [-0.2, 0) is 14.3 Å². The van der Waals surface area contributed by atoms with Crippen LogP contribution in [0.25, 0.3) is 0 Å². The molecular formula is C25H28N4O7. The lowest BCUT2D eigenvalue weighted by Crippen LogP contribution is -2.45. The lowest BCUT2D eigenvalue weighted by atomic mass is 9.95. The zero-order valence-corrected chi connectivity index (χ0v) is 20.4. The lowest BCUT2D eigenvalue weighted by molar-refractivity contribution is -0.139. The number of nitrogens with one attached hydrogen (secondary N) is 3. The second-order valence-electron chi connectivity index (χ2n) is 7.52. The van der Waals surface area contributed by atoms with Crippen molar-refractivity contribution in [3.63, 3.8) is 0 Å². The molecule has 0 spiro atoms. The van der Waals surface area contributed by atoms with Crippen molar-refractivity contribution in [2.45, 2.75) is 19.9 Å². The number of carbonyl (C=O) groups is 3. The third kappa shape index (κ3) is 6.32. The minimum Gasteiger partial charge on any atom is -0.496 e. The Morgan fingerprint density at radius 3 is 2.56 bits per heavy atom. The first-order valence-corrected chi connectivity index (χ1v) is 11.1. The van der Waals surface area contributed by atoms with Crippen LogP contribution < -0.4 is 30.3 Å². The lowest BCUT2D eigenvalue weighted by Gasteiger charge is -2.28. The van der Waals surface area contributed by atoms with Crippen molar-refractivity contribution in [1.82, 2.24) is 16.1 Å². The Hall–Kier alpha value is -4.54. The molecule has 0 saturated carbocycles. The number of ether oxygens (including phenoxy) is 4. The average Bonchev–Trinajstić information content (AvgIpc) is 2.87. The number of para-hydroxylation sites is 1. The highest BCUT2D eigenvalue weighted by molar-refractivity contribution is 5.95. The summed E-state index contributed by atoms with van der Waals surface area (Å²) in [7, 11) is 2.99. The SMILES string of the molecule is CCOC(=O)C1=C(C)NC(=O)N[C@H]1c1ccc(OCC(=O)N/N=C\c2ccccc2OC)c(OC)c1. The number of nitrogens with zero attached hydrogens (tertiary/aromatic N) is 1. The van der Waals surface area contributed by atoms with Crippen molar-refractivity contribution < 1.29 is 33.3 Å². The first-order chi connectivity index (χ1) is 17.4. The molecule has 2 aromatic rings. The van der Waals surface area contributed by atoms with Crippen molar-refractivity contribution in [1.29, 1.82) is 0 Å². The third-order valence-electron chi connectivity index (χ3n) is 5.18. The van der Waals surface area contributed by atoms with E-state index in [1.807, 2.05) is 12.1 Å². The summed E-state index contributed by atoms with van der Waals surface area (Å²) in [6.07, 6.45) is 1.47. The topological polar surface area (TPSA) is 137 Å². The summed E-state index contributed by atoms with van der Waals surface area (Å²) < 4.78 is 21.4. The van der Waals surface area contributed by atoms with Gasteiger partial charge in [-0.2, -0.15) is 5.10 Å². The Labute approximate surface area is 208 Å². The summed E-state index contributed by atoms with van der Waals surface area (Å²) in [5, 5.41) is 9.23. The van der Waals surface area contributed by atoms with E-state index in [-0.39, 0.29) is 18.8 Å². The summed E-state index contributed by atoms with van der Waals surface area (Å²) >= 11 is 0. The van der Waals surface area contributed by atoms with Gasteiger partial charge in [-0.25, -0.2) is 15.0 Å². The normalized spacial score (nSPS) is 15.1. The van der Waals surface area contributed by atoms with Gasteiger partial charge in [-0.1, -0.05) is 18.2 Å². The molecule has 1 atom stereocenters. The molecule has 0 aromatic heterocycles. The Kier molecular flexibility index (Phi) is 8.87. The van der Waals surface area contributed by atoms with Gasteiger partial charge in [-0.3, -0.25) is 4.79 Å². The van der Waals surface area contributed by atoms with E-state index in [4.69, 9.17) is 18.9 Å². The number of urea groups is 1. The van der Waals surface area contributed by atoms with E-state index < -0.39 is 23.9 Å². The number of carbonyl (C=O) groups excluding carboxylic acids is 3. The largest absolute Gasteiger partial charge is 0.496 e. The van der Waals surface area contributed by atoms with Crippen LogP contribution in [0.2, 0.25) is 0 Å². The minimum absolute atomic E-state index is 0.192. The standard InChI is InChI=1S/C25H28N4O7/c1-5-35-24(31)22-15(2)27-25(32)28-23(22)16-10-11-19(20(12-16)34-4)36-14-21(30)29-26-13-17-8-6-7-9-18(17)33-3/h6-13,23H,5,14H2,1-4H3,(H,29,30)(H2,27,28,32)/b26-13-/t23-/m0/s1. The van der Waals surface area contributed by atoms with Gasteiger partial charge in [0.25, 0.3) is 5.91 Å². The van der Waals surface area contributed by atoms with Crippen LogP contribution in [-0.4, -0.2) is 51.6 Å². The van der Waals surface area contributed by atoms with Crippen molar-refractivity contribution in [3.05, 3.63) is 64.9 Å². The van der Waals surface area contributed by atoms with Crippen LogP contribution in [0.1, 0.15) is 31.0 Å². The molecule has 0 fully saturated rings. The Morgan fingerprint density at radius 2 is 1.83 bits per heavy atom. The highest BCUT2D eigenvalue weighted by atomic mass is 16.5. The van der Waals surface area contributed by atoms with Gasteiger partial charge in [-0.15, -0.1) is 0 Å². The van der Waals surface area contributed by atoms with E-state index in [9.17, 15) is 14.4 Å². The number of benzene rings is 2. The van der Waals surface area contributed by atoms with Gasteiger partial charge >= 0.3 is 12.0 Å². The van der Waals surface area contributed by atoms with Crippen LogP contribution in [0, 0.1) is 0 Å². The van der Waals surface area contributed by atoms with E-state index in [1.54, 1.807) is 51.3 Å². The molecule has 1 aliphatic rings.